The van der Waals surface area contributed by atoms with Crippen molar-refractivity contribution in [2.75, 3.05) is 6.61 Å². The zero-order valence-corrected chi connectivity index (χ0v) is 9.18. The van der Waals surface area contributed by atoms with E-state index in [9.17, 15) is 0 Å². The molecule has 0 aromatic rings. The van der Waals surface area contributed by atoms with E-state index in [0.717, 1.165) is 32.3 Å². The molecule has 1 aliphatic carbocycles. The predicted molar refractivity (Wildman–Crippen MR) is 55.6 cm³/mol. The quantitative estimate of drug-likeness (QED) is 0.713. The smallest absolute Gasteiger partial charge is 0.0660 e. The Hall–Kier alpha value is -0.0800. The molecule has 0 spiro atoms. The van der Waals surface area contributed by atoms with Crippen LogP contribution in [0.1, 0.15) is 46.5 Å². The third-order valence-corrected chi connectivity index (χ3v) is 3.69. The molecule has 1 fully saturated rings. The number of hydrogen-bond acceptors (Lipinski definition) is 2. The van der Waals surface area contributed by atoms with E-state index in [0.29, 0.717) is 12.1 Å². The van der Waals surface area contributed by atoms with Crippen molar-refractivity contribution < 1.29 is 4.74 Å². The first-order valence-corrected chi connectivity index (χ1v) is 5.58. The molecule has 0 saturated heterocycles. The summed E-state index contributed by atoms with van der Waals surface area (Å²) in [7, 11) is 0. The van der Waals surface area contributed by atoms with Crippen molar-refractivity contribution in [2.45, 2.75) is 58.6 Å². The van der Waals surface area contributed by atoms with Gasteiger partial charge in [0.1, 0.15) is 0 Å². The molecule has 0 aliphatic heterocycles. The van der Waals surface area contributed by atoms with Gasteiger partial charge in [0.15, 0.2) is 0 Å². The molecule has 0 aromatic carbocycles. The maximum Gasteiger partial charge on any atom is 0.0660 e. The molecule has 0 bridgehead atoms. The monoisotopic (exact) mass is 185 g/mol. The molecule has 2 nitrogen and oxygen atoms in total. The Morgan fingerprint density at radius 3 is 2.31 bits per heavy atom. The number of rotatable bonds is 5. The van der Waals surface area contributed by atoms with Crippen molar-refractivity contribution in [3.63, 3.8) is 0 Å². The van der Waals surface area contributed by atoms with Crippen molar-refractivity contribution in [1.29, 1.82) is 0 Å². The lowest BCUT2D eigenvalue weighted by Gasteiger charge is -2.53. The highest BCUT2D eigenvalue weighted by molar-refractivity contribution is 5.05. The van der Waals surface area contributed by atoms with Crippen LogP contribution >= 0.6 is 0 Å². The van der Waals surface area contributed by atoms with E-state index in [2.05, 4.69) is 20.8 Å². The summed E-state index contributed by atoms with van der Waals surface area (Å²) in [6, 6.07) is 0.365. The molecule has 2 unspecified atom stereocenters. The van der Waals surface area contributed by atoms with E-state index in [1.807, 2.05) is 0 Å². The van der Waals surface area contributed by atoms with Gasteiger partial charge in [-0.05, 0) is 25.7 Å². The average molecular weight is 185 g/mol. The van der Waals surface area contributed by atoms with Crippen molar-refractivity contribution in [2.24, 2.45) is 11.1 Å². The third-order valence-electron chi connectivity index (χ3n) is 3.69. The predicted octanol–water partition coefficient (Wildman–Crippen LogP) is 2.32. The minimum absolute atomic E-state index is 0.287. The molecule has 1 rings (SSSR count). The summed E-state index contributed by atoms with van der Waals surface area (Å²) < 4.78 is 5.82. The van der Waals surface area contributed by atoms with Crippen LogP contribution in [0, 0.1) is 5.41 Å². The van der Waals surface area contributed by atoms with Gasteiger partial charge in [0, 0.05) is 18.1 Å². The van der Waals surface area contributed by atoms with Gasteiger partial charge in [0.2, 0.25) is 0 Å². The SMILES string of the molecule is CCCOC1CC(N)C1(CC)CC. The van der Waals surface area contributed by atoms with Gasteiger partial charge in [-0.25, -0.2) is 0 Å². The summed E-state index contributed by atoms with van der Waals surface area (Å²) >= 11 is 0. The Labute approximate surface area is 81.8 Å². The lowest BCUT2D eigenvalue weighted by molar-refractivity contribution is -0.130. The van der Waals surface area contributed by atoms with Gasteiger partial charge < -0.3 is 10.5 Å². The summed E-state index contributed by atoms with van der Waals surface area (Å²) in [5.41, 5.74) is 6.35. The fourth-order valence-corrected chi connectivity index (χ4v) is 2.50. The highest BCUT2D eigenvalue weighted by Gasteiger charge is 2.51. The molecular formula is C11H23NO. The van der Waals surface area contributed by atoms with E-state index in [1.54, 1.807) is 0 Å². The van der Waals surface area contributed by atoms with Crippen molar-refractivity contribution in [3.8, 4) is 0 Å². The molecule has 1 saturated carbocycles. The number of nitrogens with two attached hydrogens (primary N) is 1. The van der Waals surface area contributed by atoms with Crippen LogP contribution < -0.4 is 5.73 Å². The van der Waals surface area contributed by atoms with Crippen LogP contribution in [0.25, 0.3) is 0 Å². The molecule has 2 heteroatoms. The second kappa shape index (κ2) is 4.43. The lowest BCUT2D eigenvalue weighted by atomic mass is 9.59. The normalized spacial score (nSPS) is 31.4. The highest BCUT2D eigenvalue weighted by Crippen LogP contribution is 2.47. The van der Waals surface area contributed by atoms with Gasteiger partial charge >= 0.3 is 0 Å². The lowest BCUT2D eigenvalue weighted by Crippen LogP contribution is -2.61. The van der Waals surface area contributed by atoms with Crippen LogP contribution in [0.5, 0.6) is 0 Å². The molecule has 0 heterocycles. The Morgan fingerprint density at radius 2 is 1.92 bits per heavy atom. The minimum Gasteiger partial charge on any atom is -0.378 e. The van der Waals surface area contributed by atoms with E-state index in [-0.39, 0.29) is 5.41 Å². The van der Waals surface area contributed by atoms with Crippen LogP contribution in [0.2, 0.25) is 0 Å². The highest BCUT2D eigenvalue weighted by atomic mass is 16.5. The third kappa shape index (κ3) is 1.75. The Kier molecular flexibility index (Phi) is 3.74. The molecule has 2 N–H and O–H groups in total. The van der Waals surface area contributed by atoms with Crippen LogP contribution in [-0.2, 0) is 4.74 Å². The summed E-state index contributed by atoms with van der Waals surface area (Å²) in [4.78, 5) is 0. The summed E-state index contributed by atoms with van der Waals surface area (Å²) in [6.45, 7) is 7.49. The van der Waals surface area contributed by atoms with Crippen LogP contribution in [0.15, 0.2) is 0 Å². The first-order chi connectivity index (χ1) is 6.21. The molecular weight excluding hydrogens is 162 g/mol. The van der Waals surface area contributed by atoms with Gasteiger partial charge in [-0.1, -0.05) is 20.8 Å². The molecule has 0 amide bonds. The van der Waals surface area contributed by atoms with Gasteiger partial charge in [0.05, 0.1) is 6.10 Å². The fourth-order valence-electron chi connectivity index (χ4n) is 2.50. The summed E-state index contributed by atoms with van der Waals surface area (Å²) in [6.07, 6.45) is 4.90. The molecule has 0 radical (unpaired) electrons. The Bertz CT molecular complexity index is 154. The second-order valence-corrected chi connectivity index (χ2v) is 4.14. The largest absolute Gasteiger partial charge is 0.378 e. The van der Waals surface area contributed by atoms with E-state index >= 15 is 0 Å². The van der Waals surface area contributed by atoms with Crippen molar-refractivity contribution in [3.05, 3.63) is 0 Å². The minimum atomic E-state index is 0.287. The Balaban J connectivity index is 2.48. The van der Waals surface area contributed by atoms with E-state index in [1.165, 1.54) is 0 Å². The maximum absolute atomic E-state index is 6.06. The van der Waals surface area contributed by atoms with Gasteiger partial charge in [-0.3, -0.25) is 0 Å². The molecule has 1 aliphatic rings. The Morgan fingerprint density at radius 1 is 1.31 bits per heavy atom. The second-order valence-electron chi connectivity index (χ2n) is 4.14. The van der Waals surface area contributed by atoms with Gasteiger partial charge in [0.25, 0.3) is 0 Å². The molecule has 78 valence electrons. The zero-order chi connectivity index (χ0) is 9.90. The van der Waals surface area contributed by atoms with Crippen LogP contribution in [-0.4, -0.2) is 18.8 Å². The maximum atomic E-state index is 6.06. The number of ether oxygens (including phenoxy) is 1. The van der Waals surface area contributed by atoms with E-state index in [4.69, 9.17) is 10.5 Å². The van der Waals surface area contributed by atoms with Crippen LogP contribution in [0.4, 0.5) is 0 Å². The number of hydrogen-bond donors (Lipinski definition) is 1. The summed E-state index contributed by atoms with van der Waals surface area (Å²) in [5, 5.41) is 0. The topological polar surface area (TPSA) is 35.2 Å². The van der Waals surface area contributed by atoms with Crippen molar-refractivity contribution >= 4 is 0 Å². The molecule has 13 heavy (non-hydrogen) atoms. The molecule has 0 aromatic heterocycles. The van der Waals surface area contributed by atoms with Gasteiger partial charge in [-0.15, -0.1) is 0 Å². The average Bonchev–Trinajstić information content (AvgIpc) is 2.14. The van der Waals surface area contributed by atoms with E-state index < -0.39 is 0 Å². The standard InChI is InChI=1S/C11H23NO/c1-4-7-13-10-8-9(12)11(10,5-2)6-3/h9-10H,4-8,12H2,1-3H3. The summed E-state index contributed by atoms with van der Waals surface area (Å²) in [5.74, 6) is 0. The first-order valence-electron chi connectivity index (χ1n) is 5.58. The van der Waals surface area contributed by atoms with Crippen LogP contribution in [0.3, 0.4) is 0 Å². The van der Waals surface area contributed by atoms with Gasteiger partial charge in [-0.2, -0.15) is 0 Å². The zero-order valence-electron chi connectivity index (χ0n) is 9.18. The fraction of sp³-hybridized carbons (Fsp3) is 1.00. The van der Waals surface area contributed by atoms with Crippen molar-refractivity contribution in [1.82, 2.24) is 0 Å². The molecule has 2 atom stereocenters. The first kappa shape index (κ1) is 11.0.